The number of hydrogen-bond acceptors (Lipinski definition) is 5. The summed E-state index contributed by atoms with van der Waals surface area (Å²) >= 11 is 0. The molecule has 120 valence electrons. The maximum absolute atomic E-state index is 12.2. The van der Waals surface area contributed by atoms with Gasteiger partial charge in [0, 0.05) is 13.3 Å². The van der Waals surface area contributed by atoms with Gasteiger partial charge in [0.1, 0.15) is 10.9 Å². The monoisotopic (exact) mass is 319 g/mol. The van der Waals surface area contributed by atoms with Gasteiger partial charge >= 0.3 is 5.97 Å². The van der Waals surface area contributed by atoms with Gasteiger partial charge in [0.15, 0.2) is 0 Å². The van der Waals surface area contributed by atoms with Gasteiger partial charge in [0.2, 0.25) is 10.0 Å². The number of carbonyl (C=O) groups is 1. The van der Waals surface area contributed by atoms with Gasteiger partial charge in [0.25, 0.3) is 0 Å². The maximum Gasteiger partial charge on any atom is 0.321 e. The van der Waals surface area contributed by atoms with Gasteiger partial charge in [-0.05, 0) is 12.3 Å². The molecule has 0 fully saturated rings. The number of nitrogens with zero attached hydrogens (tertiary/aromatic N) is 2. The van der Waals surface area contributed by atoms with Crippen molar-refractivity contribution in [1.82, 2.24) is 14.5 Å². The normalized spacial score (nSPS) is 13.5. The number of carboxylic acids is 1. The van der Waals surface area contributed by atoms with Gasteiger partial charge in [-0.1, -0.05) is 13.8 Å². The smallest absolute Gasteiger partial charge is 0.321 e. The lowest BCUT2D eigenvalue weighted by molar-refractivity contribution is -0.139. The van der Waals surface area contributed by atoms with Crippen LogP contribution in [-0.2, 0) is 26.1 Å². The van der Waals surface area contributed by atoms with Crippen LogP contribution in [0.3, 0.4) is 0 Å². The average molecular weight is 319 g/mol. The molecule has 1 aromatic heterocycles. The minimum absolute atomic E-state index is 0.0539. The molecule has 1 rings (SSSR count). The molecule has 2 N–H and O–H groups in total. The van der Waals surface area contributed by atoms with Crippen LogP contribution in [0.25, 0.3) is 0 Å². The second-order valence-corrected chi connectivity index (χ2v) is 6.79. The Bertz CT molecular complexity index is 567. The molecule has 1 heterocycles. The van der Waals surface area contributed by atoms with E-state index >= 15 is 0 Å². The number of methoxy groups -OCH3 is 1. The Labute approximate surface area is 124 Å². The van der Waals surface area contributed by atoms with Crippen molar-refractivity contribution in [2.24, 2.45) is 5.92 Å². The first-order valence-electron chi connectivity index (χ1n) is 6.52. The summed E-state index contributed by atoms with van der Waals surface area (Å²) in [4.78, 5) is 11.1. The molecular formula is C12H21N3O5S. The van der Waals surface area contributed by atoms with Gasteiger partial charge < -0.3 is 9.84 Å². The molecule has 0 aliphatic rings. The summed E-state index contributed by atoms with van der Waals surface area (Å²) in [7, 11) is -2.38. The Morgan fingerprint density at radius 1 is 1.52 bits per heavy atom. The highest BCUT2D eigenvalue weighted by Crippen LogP contribution is 2.11. The van der Waals surface area contributed by atoms with Crippen LogP contribution in [0.1, 0.15) is 20.3 Å². The fourth-order valence-electron chi connectivity index (χ4n) is 1.72. The number of rotatable bonds is 9. The number of ether oxygens (including phenoxy) is 1. The molecule has 0 saturated heterocycles. The summed E-state index contributed by atoms with van der Waals surface area (Å²) in [6.07, 6.45) is 2.74. The summed E-state index contributed by atoms with van der Waals surface area (Å²) < 4.78 is 32.8. The Kier molecular flexibility index (Phi) is 6.31. The van der Waals surface area contributed by atoms with Gasteiger partial charge in [-0.2, -0.15) is 9.82 Å². The molecule has 0 aliphatic heterocycles. The van der Waals surface area contributed by atoms with E-state index in [9.17, 15) is 13.2 Å². The number of hydrogen-bond donors (Lipinski definition) is 2. The summed E-state index contributed by atoms with van der Waals surface area (Å²) in [6, 6.07) is -1.16. The molecule has 21 heavy (non-hydrogen) atoms. The first-order chi connectivity index (χ1) is 9.76. The molecule has 8 nitrogen and oxygen atoms in total. The van der Waals surface area contributed by atoms with Crippen LogP contribution in [0.2, 0.25) is 0 Å². The fourth-order valence-corrected chi connectivity index (χ4v) is 2.87. The van der Waals surface area contributed by atoms with Crippen molar-refractivity contribution in [3.8, 4) is 0 Å². The lowest BCUT2D eigenvalue weighted by Gasteiger charge is -2.15. The van der Waals surface area contributed by atoms with Gasteiger partial charge in [-0.15, -0.1) is 0 Å². The third-order valence-corrected chi connectivity index (χ3v) is 4.17. The summed E-state index contributed by atoms with van der Waals surface area (Å²) in [5, 5.41) is 13.0. The van der Waals surface area contributed by atoms with E-state index in [0.29, 0.717) is 13.2 Å². The zero-order chi connectivity index (χ0) is 16.0. The zero-order valence-electron chi connectivity index (χ0n) is 12.3. The highest BCUT2D eigenvalue weighted by atomic mass is 32.2. The molecule has 0 spiro atoms. The Morgan fingerprint density at radius 2 is 2.19 bits per heavy atom. The molecule has 0 aliphatic carbocycles. The van der Waals surface area contributed by atoms with Crippen LogP contribution in [0, 0.1) is 5.92 Å². The molecule has 0 unspecified atom stereocenters. The number of aromatic nitrogens is 2. The molecule has 0 saturated carbocycles. The van der Waals surface area contributed by atoms with Crippen molar-refractivity contribution in [3.05, 3.63) is 12.4 Å². The molecule has 0 bridgehead atoms. The van der Waals surface area contributed by atoms with Crippen molar-refractivity contribution < 1.29 is 23.1 Å². The van der Waals surface area contributed by atoms with E-state index in [-0.39, 0.29) is 17.2 Å². The highest BCUT2D eigenvalue weighted by Gasteiger charge is 2.27. The van der Waals surface area contributed by atoms with Crippen LogP contribution >= 0.6 is 0 Å². The second-order valence-electron chi connectivity index (χ2n) is 5.07. The average Bonchev–Trinajstić information content (AvgIpc) is 2.84. The number of aliphatic carboxylic acids is 1. The number of sulfonamides is 1. The molecule has 1 atom stereocenters. The molecular weight excluding hydrogens is 298 g/mol. The molecule has 0 radical (unpaired) electrons. The second kappa shape index (κ2) is 7.53. The molecule has 1 aromatic rings. The van der Waals surface area contributed by atoms with E-state index in [1.807, 2.05) is 13.8 Å². The Balaban J connectivity index is 2.84. The molecule has 0 aromatic carbocycles. The van der Waals surface area contributed by atoms with E-state index in [1.54, 1.807) is 0 Å². The van der Waals surface area contributed by atoms with Gasteiger partial charge in [-0.3, -0.25) is 9.48 Å². The van der Waals surface area contributed by atoms with Gasteiger partial charge in [0.05, 0.1) is 19.3 Å². The summed E-state index contributed by atoms with van der Waals surface area (Å²) in [5.74, 6) is -1.14. The van der Waals surface area contributed by atoms with E-state index in [0.717, 1.165) is 0 Å². The quantitative estimate of drug-likeness (QED) is 0.677. The van der Waals surface area contributed by atoms with Crippen LogP contribution in [0.5, 0.6) is 0 Å². The lowest BCUT2D eigenvalue weighted by Crippen LogP contribution is -2.41. The molecule has 0 amide bonds. The van der Waals surface area contributed by atoms with E-state index in [1.165, 1.54) is 24.2 Å². The van der Waals surface area contributed by atoms with E-state index in [4.69, 9.17) is 9.84 Å². The number of nitrogens with one attached hydrogen (secondary N) is 1. The largest absolute Gasteiger partial charge is 0.480 e. The predicted octanol–water partition coefficient (Wildman–Crippen LogP) is 0.307. The topological polar surface area (TPSA) is 111 Å². The van der Waals surface area contributed by atoms with E-state index < -0.39 is 22.0 Å². The Hall–Kier alpha value is -1.45. The van der Waals surface area contributed by atoms with E-state index in [2.05, 4.69) is 9.82 Å². The van der Waals surface area contributed by atoms with Gasteiger partial charge in [-0.25, -0.2) is 8.42 Å². The maximum atomic E-state index is 12.2. The van der Waals surface area contributed by atoms with Crippen LogP contribution in [-0.4, -0.2) is 49.0 Å². The van der Waals surface area contributed by atoms with Crippen molar-refractivity contribution in [3.63, 3.8) is 0 Å². The summed E-state index contributed by atoms with van der Waals surface area (Å²) in [5.41, 5.74) is 0. The minimum Gasteiger partial charge on any atom is -0.480 e. The van der Waals surface area contributed by atoms with Crippen molar-refractivity contribution in [1.29, 1.82) is 0 Å². The first-order valence-corrected chi connectivity index (χ1v) is 8.01. The minimum atomic E-state index is -3.91. The lowest BCUT2D eigenvalue weighted by atomic mass is 10.1. The van der Waals surface area contributed by atoms with Crippen molar-refractivity contribution >= 4 is 16.0 Å². The zero-order valence-corrected chi connectivity index (χ0v) is 13.1. The van der Waals surface area contributed by atoms with Crippen LogP contribution in [0.15, 0.2) is 17.3 Å². The van der Waals surface area contributed by atoms with Crippen LogP contribution in [0.4, 0.5) is 0 Å². The summed E-state index contributed by atoms with van der Waals surface area (Å²) in [6.45, 7) is 4.47. The van der Waals surface area contributed by atoms with Crippen molar-refractivity contribution in [2.45, 2.75) is 37.8 Å². The van der Waals surface area contributed by atoms with Crippen LogP contribution < -0.4 is 4.72 Å². The third-order valence-electron chi connectivity index (χ3n) is 2.75. The number of carboxylic acid groups (broad SMARTS) is 1. The highest BCUT2D eigenvalue weighted by molar-refractivity contribution is 7.89. The third kappa shape index (κ3) is 5.44. The predicted molar refractivity (Wildman–Crippen MR) is 75.3 cm³/mol. The first kappa shape index (κ1) is 17.6. The SMILES string of the molecule is COCCn1cc(S(=O)(=O)N[C@@H](CC(C)C)C(=O)O)cn1. The molecule has 9 heteroatoms. The fraction of sp³-hybridized carbons (Fsp3) is 0.667. The standard InChI is InChI=1S/C12H21N3O5S/c1-9(2)6-11(12(16)17)14-21(18,19)10-7-13-15(8-10)4-5-20-3/h7-9,11,14H,4-6H2,1-3H3,(H,16,17)/t11-/m0/s1. The Morgan fingerprint density at radius 3 is 2.71 bits per heavy atom. The van der Waals surface area contributed by atoms with Crippen molar-refractivity contribution in [2.75, 3.05) is 13.7 Å².